The van der Waals surface area contributed by atoms with Gasteiger partial charge in [0.15, 0.2) is 0 Å². The molecule has 0 bridgehead atoms. The van der Waals surface area contributed by atoms with Crippen LogP contribution in [0.2, 0.25) is 0 Å². The van der Waals surface area contributed by atoms with Gasteiger partial charge in [0.05, 0.1) is 11.8 Å². The third-order valence-electron chi connectivity index (χ3n) is 3.71. The van der Waals surface area contributed by atoms with E-state index in [1.54, 1.807) is 0 Å². The maximum Gasteiger partial charge on any atom is 0.246 e. The van der Waals surface area contributed by atoms with Crippen LogP contribution in [0.4, 0.5) is 0 Å². The number of carbonyl (C=O) groups is 1. The Balaban J connectivity index is 1.55. The van der Waals surface area contributed by atoms with Crippen LogP contribution in [0.3, 0.4) is 0 Å². The predicted molar refractivity (Wildman–Crippen MR) is 81.2 cm³/mol. The highest BCUT2D eigenvalue weighted by molar-refractivity contribution is 5.77. The smallest absolute Gasteiger partial charge is 0.246 e. The molecule has 1 saturated heterocycles. The summed E-state index contributed by atoms with van der Waals surface area (Å²) in [7, 11) is 0. The number of amides is 1. The van der Waals surface area contributed by atoms with E-state index in [2.05, 4.69) is 21.8 Å². The van der Waals surface area contributed by atoms with Crippen LogP contribution in [0.15, 0.2) is 6.07 Å². The van der Waals surface area contributed by atoms with Gasteiger partial charge in [0.1, 0.15) is 6.61 Å². The first-order valence-electron chi connectivity index (χ1n) is 7.75. The van der Waals surface area contributed by atoms with Crippen molar-refractivity contribution in [1.82, 2.24) is 20.4 Å². The highest BCUT2D eigenvalue weighted by atomic mass is 16.5. The van der Waals surface area contributed by atoms with Crippen molar-refractivity contribution in [3.05, 3.63) is 17.5 Å². The van der Waals surface area contributed by atoms with E-state index >= 15 is 0 Å². The number of hydrogen-bond acceptors (Lipinski definition) is 4. The molecule has 1 aliphatic rings. The lowest BCUT2D eigenvalue weighted by Crippen LogP contribution is -2.36. The second-order valence-electron chi connectivity index (χ2n) is 5.61. The van der Waals surface area contributed by atoms with Gasteiger partial charge in [0.2, 0.25) is 5.91 Å². The van der Waals surface area contributed by atoms with Crippen LogP contribution in [-0.4, -0.2) is 48.0 Å². The molecule has 1 amide bonds. The van der Waals surface area contributed by atoms with E-state index in [1.165, 1.54) is 0 Å². The SMILES string of the molecule is Cc1cc(C)n(CCCNC(=O)COC2CCNCC2)n1. The molecule has 1 aromatic rings. The summed E-state index contributed by atoms with van der Waals surface area (Å²) in [6.45, 7) is 7.66. The molecule has 2 heterocycles. The topological polar surface area (TPSA) is 68.2 Å². The summed E-state index contributed by atoms with van der Waals surface area (Å²) < 4.78 is 7.59. The summed E-state index contributed by atoms with van der Waals surface area (Å²) in [5.41, 5.74) is 2.19. The monoisotopic (exact) mass is 294 g/mol. The van der Waals surface area contributed by atoms with E-state index < -0.39 is 0 Å². The van der Waals surface area contributed by atoms with Crippen LogP contribution in [0.25, 0.3) is 0 Å². The molecule has 1 aromatic heterocycles. The first-order chi connectivity index (χ1) is 10.1. The van der Waals surface area contributed by atoms with Gasteiger partial charge in [-0.1, -0.05) is 0 Å². The zero-order chi connectivity index (χ0) is 15.1. The molecule has 1 fully saturated rings. The Morgan fingerprint density at radius 1 is 1.48 bits per heavy atom. The van der Waals surface area contributed by atoms with Gasteiger partial charge in [-0.15, -0.1) is 0 Å². The van der Waals surface area contributed by atoms with Gasteiger partial charge >= 0.3 is 0 Å². The third kappa shape index (κ3) is 5.47. The number of carbonyl (C=O) groups excluding carboxylic acids is 1. The molecular formula is C15H26N4O2. The van der Waals surface area contributed by atoms with Gasteiger partial charge in [0, 0.05) is 18.8 Å². The molecule has 21 heavy (non-hydrogen) atoms. The van der Waals surface area contributed by atoms with Gasteiger partial charge in [-0.05, 0) is 52.3 Å². The fraction of sp³-hybridized carbons (Fsp3) is 0.733. The lowest BCUT2D eigenvalue weighted by Gasteiger charge is -2.22. The number of nitrogens with zero attached hydrogens (tertiary/aromatic N) is 2. The van der Waals surface area contributed by atoms with Crippen LogP contribution >= 0.6 is 0 Å². The van der Waals surface area contributed by atoms with Crippen molar-refractivity contribution in [2.24, 2.45) is 0 Å². The summed E-state index contributed by atoms with van der Waals surface area (Å²) in [6.07, 6.45) is 3.09. The Kier molecular flexibility index (Phi) is 6.20. The Hall–Kier alpha value is -1.40. The molecule has 6 heteroatoms. The van der Waals surface area contributed by atoms with Gasteiger partial charge < -0.3 is 15.4 Å². The number of nitrogens with one attached hydrogen (secondary N) is 2. The molecule has 0 aliphatic carbocycles. The summed E-state index contributed by atoms with van der Waals surface area (Å²) >= 11 is 0. The zero-order valence-corrected chi connectivity index (χ0v) is 13.0. The Labute approximate surface area is 126 Å². The summed E-state index contributed by atoms with van der Waals surface area (Å²) in [6, 6.07) is 2.06. The first kappa shape index (κ1) is 16.0. The normalized spacial score (nSPS) is 16.1. The fourth-order valence-corrected chi connectivity index (χ4v) is 2.56. The van der Waals surface area contributed by atoms with Crippen molar-refractivity contribution in [3.8, 4) is 0 Å². The Morgan fingerprint density at radius 2 is 2.24 bits per heavy atom. The van der Waals surface area contributed by atoms with Crippen molar-refractivity contribution in [2.45, 2.75) is 45.8 Å². The number of piperidine rings is 1. The first-order valence-corrected chi connectivity index (χ1v) is 7.75. The minimum absolute atomic E-state index is 0.0260. The van der Waals surface area contributed by atoms with E-state index in [0.29, 0.717) is 6.54 Å². The minimum Gasteiger partial charge on any atom is -0.368 e. The minimum atomic E-state index is -0.0260. The number of aromatic nitrogens is 2. The molecule has 118 valence electrons. The van der Waals surface area contributed by atoms with Gasteiger partial charge in [-0.2, -0.15) is 5.10 Å². The Morgan fingerprint density at radius 3 is 2.90 bits per heavy atom. The molecule has 2 rings (SSSR count). The molecule has 0 aromatic carbocycles. The van der Waals surface area contributed by atoms with Crippen molar-refractivity contribution >= 4 is 5.91 Å². The van der Waals surface area contributed by atoms with E-state index in [1.807, 2.05) is 18.5 Å². The quantitative estimate of drug-likeness (QED) is 0.729. The standard InChI is InChI=1S/C15H26N4O2/c1-12-10-13(2)19(18-12)9-3-6-17-15(20)11-21-14-4-7-16-8-5-14/h10,14,16H,3-9,11H2,1-2H3,(H,17,20). The van der Waals surface area contributed by atoms with E-state index in [4.69, 9.17) is 4.74 Å². The van der Waals surface area contributed by atoms with E-state index in [9.17, 15) is 4.79 Å². The second kappa shape index (κ2) is 8.14. The number of ether oxygens (including phenoxy) is 1. The lowest BCUT2D eigenvalue weighted by atomic mass is 10.1. The van der Waals surface area contributed by atoms with Crippen LogP contribution in [-0.2, 0) is 16.1 Å². The average Bonchev–Trinajstić information content (AvgIpc) is 2.80. The molecule has 0 spiro atoms. The van der Waals surface area contributed by atoms with Crippen molar-refractivity contribution in [2.75, 3.05) is 26.2 Å². The molecule has 0 saturated carbocycles. The summed E-state index contributed by atoms with van der Waals surface area (Å²) in [5, 5.41) is 10.6. The van der Waals surface area contributed by atoms with Crippen molar-refractivity contribution < 1.29 is 9.53 Å². The highest BCUT2D eigenvalue weighted by Crippen LogP contribution is 2.06. The number of rotatable bonds is 7. The molecule has 6 nitrogen and oxygen atoms in total. The number of hydrogen-bond donors (Lipinski definition) is 2. The molecular weight excluding hydrogens is 268 g/mol. The van der Waals surface area contributed by atoms with Crippen LogP contribution < -0.4 is 10.6 Å². The average molecular weight is 294 g/mol. The van der Waals surface area contributed by atoms with Crippen molar-refractivity contribution in [3.63, 3.8) is 0 Å². The van der Waals surface area contributed by atoms with E-state index in [-0.39, 0.29) is 18.6 Å². The molecule has 2 N–H and O–H groups in total. The number of aryl methyl sites for hydroxylation is 3. The second-order valence-corrected chi connectivity index (χ2v) is 5.61. The largest absolute Gasteiger partial charge is 0.368 e. The van der Waals surface area contributed by atoms with Gasteiger partial charge in [0.25, 0.3) is 0 Å². The van der Waals surface area contributed by atoms with E-state index in [0.717, 1.165) is 50.3 Å². The molecule has 0 radical (unpaired) electrons. The lowest BCUT2D eigenvalue weighted by molar-refractivity contribution is -0.128. The van der Waals surface area contributed by atoms with Crippen LogP contribution in [0, 0.1) is 13.8 Å². The van der Waals surface area contributed by atoms with Gasteiger partial charge in [-0.25, -0.2) is 0 Å². The van der Waals surface area contributed by atoms with Gasteiger partial charge in [-0.3, -0.25) is 9.48 Å². The van der Waals surface area contributed by atoms with Crippen LogP contribution in [0.1, 0.15) is 30.7 Å². The summed E-state index contributed by atoms with van der Waals surface area (Å²) in [5.74, 6) is -0.0260. The Bertz CT molecular complexity index is 453. The summed E-state index contributed by atoms with van der Waals surface area (Å²) in [4.78, 5) is 11.7. The van der Waals surface area contributed by atoms with Crippen molar-refractivity contribution in [1.29, 1.82) is 0 Å². The maximum absolute atomic E-state index is 11.7. The highest BCUT2D eigenvalue weighted by Gasteiger charge is 2.14. The molecule has 0 unspecified atom stereocenters. The zero-order valence-electron chi connectivity index (χ0n) is 13.0. The molecule has 1 aliphatic heterocycles. The third-order valence-corrected chi connectivity index (χ3v) is 3.71. The molecule has 0 atom stereocenters. The fourth-order valence-electron chi connectivity index (χ4n) is 2.56. The predicted octanol–water partition coefficient (Wildman–Crippen LogP) is 0.775. The van der Waals surface area contributed by atoms with Crippen LogP contribution in [0.5, 0.6) is 0 Å². The maximum atomic E-state index is 11.7.